The zero-order valence-electron chi connectivity index (χ0n) is 13.2. The zero-order chi connectivity index (χ0) is 16.3. The van der Waals surface area contributed by atoms with Crippen LogP contribution in [0, 0.1) is 5.92 Å². The van der Waals surface area contributed by atoms with Crippen LogP contribution in [-0.4, -0.2) is 49.3 Å². The van der Waals surface area contributed by atoms with Crippen LogP contribution in [-0.2, 0) is 10.0 Å². The lowest BCUT2D eigenvalue weighted by atomic mass is 10.1. The molecule has 1 aliphatic rings. The molecule has 1 fully saturated rings. The number of nitrogens with one attached hydrogen (secondary N) is 1. The number of aromatic nitrogens is 2. The average molecular weight is 334 g/mol. The molecule has 0 aliphatic carbocycles. The number of rotatable bonds is 6. The molecule has 0 amide bonds. The Morgan fingerprint density at radius 3 is 2.70 bits per heavy atom. The van der Waals surface area contributed by atoms with E-state index in [0.717, 1.165) is 31.7 Å². The predicted octanol–water partition coefficient (Wildman–Crippen LogP) is 1.49. The quantitative estimate of drug-likeness (QED) is 0.869. The summed E-state index contributed by atoms with van der Waals surface area (Å²) in [5.41, 5.74) is 0.836. The number of benzene rings is 1. The van der Waals surface area contributed by atoms with E-state index >= 15 is 0 Å². The normalized spacial score (nSPS) is 19.3. The van der Waals surface area contributed by atoms with Crippen molar-refractivity contribution in [2.24, 2.45) is 5.92 Å². The van der Waals surface area contributed by atoms with Gasteiger partial charge in [-0.2, -0.15) is 5.10 Å². The third-order valence-electron chi connectivity index (χ3n) is 4.30. The van der Waals surface area contributed by atoms with Gasteiger partial charge in [0.05, 0.1) is 10.6 Å². The topological polar surface area (TPSA) is 67.2 Å². The molecule has 3 rings (SSSR count). The Bertz CT molecular complexity index is 726. The van der Waals surface area contributed by atoms with Crippen LogP contribution in [0.3, 0.4) is 0 Å². The molecule has 1 saturated heterocycles. The molecule has 1 aromatic carbocycles. The maximum Gasteiger partial charge on any atom is 0.240 e. The third kappa shape index (κ3) is 3.80. The summed E-state index contributed by atoms with van der Waals surface area (Å²) in [5, 5.41) is 4.13. The first kappa shape index (κ1) is 16.2. The molecule has 1 atom stereocenters. The fraction of sp³-hybridized carbons (Fsp3) is 0.438. The minimum Gasteiger partial charge on any atom is -0.303 e. The van der Waals surface area contributed by atoms with Crippen molar-refractivity contribution in [1.82, 2.24) is 19.4 Å². The van der Waals surface area contributed by atoms with Gasteiger partial charge >= 0.3 is 0 Å². The second-order valence-electron chi connectivity index (χ2n) is 5.84. The van der Waals surface area contributed by atoms with Crippen molar-refractivity contribution in [2.45, 2.75) is 18.2 Å². The van der Waals surface area contributed by atoms with Crippen LogP contribution < -0.4 is 4.72 Å². The summed E-state index contributed by atoms with van der Waals surface area (Å²) in [5.74, 6) is 0.396. The first-order chi connectivity index (χ1) is 11.1. The van der Waals surface area contributed by atoms with Crippen LogP contribution in [0.1, 0.15) is 13.3 Å². The summed E-state index contributed by atoms with van der Waals surface area (Å²) >= 11 is 0. The Balaban J connectivity index is 1.63. The van der Waals surface area contributed by atoms with Gasteiger partial charge in [0.15, 0.2) is 0 Å². The Kier molecular flexibility index (Phi) is 4.79. The van der Waals surface area contributed by atoms with Crippen molar-refractivity contribution in [2.75, 3.05) is 26.2 Å². The Labute approximate surface area is 137 Å². The van der Waals surface area contributed by atoms with Gasteiger partial charge in [0.1, 0.15) is 0 Å². The Hall–Kier alpha value is -1.70. The SMILES string of the molecule is CCN1CCC(CNS(=O)(=O)c2ccc(-n3cccn3)cc2)C1. The van der Waals surface area contributed by atoms with E-state index in [1.54, 1.807) is 35.1 Å². The summed E-state index contributed by atoms with van der Waals surface area (Å²) in [6, 6.07) is 8.58. The highest BCUT2D eigenvalue weighted by Gasteiger charge is 2.23. The third-order valence-corrected chi connectivity index (χ3v) is 5.73. The largest absolute Gasteiger partial charge is 0.303 e. The van der Waals surface area contributed by atoms with Gasteiger partial charge < -0.3 is 4.90 Å². The summed E-state index contributed by atoms with van der Waals surface area (Å²) in [6.45, 7) is 5.68. The minimum atomic E-state index is -3.46. The van der Waals surface area contributed by atoms with Gasteiger partial charge in [0.25, 0.3) is 0 Å². The highest BCUT2D eigenvalue weighted by atomic mass is 32.2. The second kappa shape index (κ2) is 6.82. The maximum absolute atomic E-state index is 12.4. The van der Waals surface area contributed by atoms with E-state index in [4.69, 9.17) is 0 Å². The Morgan fingerprint density at radius 1 is 1.30 bits per heavy atom. The minimum absolute atomic E-state index is 0.291. The predicted molar refractivity (Wildman–Crippen MR) is 89.0 cm³/mol. The molecule has 7 heteroatoms. The summed E-state index contributed by atoms with van der Waals surface area (Å²) < 4.78 is 29.2. The van der Waals surface area contributed by atoms with Gasteiger partial charge in [-0.15, -0.1) is 0 Å². The summed E-state index contributed by atoms with van der Waals surface area (Å²) in [4.78, 5) is 2.64. The van der Waals surface area contributed by atoms with Crippen molar-refractivity contribution < 1.29 is 8.42 Å². The number of hydrogen-bond acceptors (Lipinski definition) is 4. The number of likely N-dealkylation sites (tertiary alicyclic amines) is 1. The molecular formula is C16H22N4O2S. The van der Waals surface area contributed by atoms with E-state index in [1.807, 2.05) is 12.3 Å². The number of nitrogens with zero attached hydrogens (tertiary/aromatic N) is 3. The van der Waals surface area contributed by atoms with Crippen molar-refractivity contribution in [3.8, 4) is 5.69 Å². The molecule has 0 radical (unpaired) electrons. The molecule has 0 saturated carbocycles. The summed E-state index contributed by atoms with van der Waals surface area (Å²) in [7, 11) is -3.46. The van der Waals surface area contributed by atoms with Crippen molar-refractivity contribution in [3.05, 3.63) is 42.7 Å². The molecule has 1 N–H and O–H groups in total. The molecular weight excluding hydrogens is 312 g/mol. The van der Waals surface area contributed by atoms with Crippen LogP contribution in [0.4, 0.5) is 0 Å². The molecule has 0 spiro atoms. The van der Waals surface area contributed by atoms with E-state index in [1.165, 1.54) is 0 Å². The van der Waals surface area contributed by atoms with Crippen molar-refractivity contribution >= 4 is 10.0 Å². The fourth-order valence-corrected chi connectivity index (χ4v) is 3.99. The first-order valence-corrected chi connectivity index (χ1v) is 9.39. The van der Waals surface area contributed by atoms with Crippen LogP contribution in [0.5, 0.6) is 0 Å². The van der Waals surface area contributed by atoms with Gasteiger partial charge in [0, 0.05) is 25.5 Å². The lowest BCUT2D eigenvalue weighted by Gasteiger charge is -2.14. The van der Waals surface area contributed by atoms with Crippen LogP contribution >= 0.6 is 0 Å². The standard InChI is InChI=1S/C16H22N4O2S/c1-2-19-11-8-14(13-19)12-18-23(21,22)16-6-4-15(5-7-16)20-10-3-9-17-20/h3-7,9-10,14,18H,2,8,11-13H2,1H3. The molecule has 1 aliphatic heterocycles. The van der Waals surface area contributed by atoms with Crippen LogP contribution in [0.15, 0.2) is 47.6 Å². The molecule has 124 valence electrons. The van der Waals surface area contributed by atoms with Gasteiger partial charge in [-0.05, 0) is 55.8 Å². The second-order valence-corrected chi connectivity index (χ2v) is 7.61. The molecule has 0 bridgehead atoms. The van der Waals surface area contributed by atoms with Gasteiger partial charge in [-0.1, -0.05) is 6.92 Å². The monoisotopic (exact) mass is 334 g/mol. The van der Waals surface area contributed by atoms with E-state index in [9.17, 15) is 8.42 Å². The lowest BCUT2D eigenvalue weighted by Crippen LogP contribution is -2.31. The zero-order valence-corrected chi connectivity index (χ0v) is 14.0. The number of sulfonamides is 1. The molecule has 2 aromatic rings. The van der Waals surface area contributed by atoms with E-state index in [0.29, 0.717) is 17.4 Å². The molecule has 6 nitrogen and oxygen atoms in total. The smallest absolute Gasteiger partial charge is 0.240 e. The number of hydrogen-bond donors (Lipinski definition) is 1. The van der Waals surface area contributed by atoms with Crippen LogP contribution in [0.25, 0.3) is 5.69 Å². The van der Waals surface area contributed by atoms with E-state index < -0.39 is 10.0 Å². The van der Waals surface area contributed by atoms with Crippen molar-refractivity contribution in [3.63, 3.8) is 0 Å². The first-order valence-electron chi connectivity index (χ1n) is 7.90. The molecule has 1 unspecified atom stereocenters. The fourth-order valence-electron chi connectivity index (χ4n) is 2.88. The van der Waals surface area contributed by atoms with Gasteiger partial charge in [0.2, 0.25) is 10.0 Å². The molecule has 1 aromatic heterocycles. The highest BCUT2D eigenvalue weighted by Crippen LogP contribution is 2.17. The molecule has 2 heterocycles. The summed E-state index contributed by atoms with van der Waals surface area (Å²) in [6.07, 6.45) is 4.56. The van der Waals surface area contributed by atoms with Crippen molar-refractivity contribution in [1.29, 1.82) is 0 Å². The van der Waals surface area contributed by atoms with Crippen LogP contribution in [0.2, 0.25) is 0 Å². The van der Waals surface area contributed by atoms with Gasteiger partial charge in [-0.3, -0.25) is 0 Å². The Morgan fingerprint density at radius 2 is 2.09 bits per heavy atom. The molecule has 23 heavy (non-hydrogen) atoms. The average Bonchev–Trinajstić information content (AvgIpc) is 3.25. The lowest BCUT2D eigenvalue weighted by molar-refractivity contribution is 0.342. The maximum atomic E-state index is 12.4. The van der Waals surface area contributed by atoms with E-state index in [-0.39, 0.29) is 0 Å². The highest BCUT2D eigenvalue weighted by molar-refractivity contribution is 7.89. The van der Waals surface area contributed by atoms with Gasteiger partial charge in [-0.25, -0.2) is 17.8 Å². The van der Waals surface area contributed by atoms with E-state index in [2.05, 4.69) is 21.6 Å².